The molecular weight excluding hydrogens is 701 g/mol. The van der Waals surface area contributed by atoms with E-state index in [4.69, 9.17) is 4.37 Å². The van der Waals surface area contributed by atoms with Gasteiger partial charge in [0.25, 0.3) is 0 Å². The van der Waals surface area contributed by atoms with Crippen molar-refractivity contribution in [2.75, 3.05) is 0 Å². The van der Waals surface area contributed by atoms with Crippen molar-refractivity contribution in [1.82, 2.24) is 8.75 Å². The van der Waals surface area contributed by atoms with E-state index in [0.29, 0.717) is 0 Å². The van der Waals surface area contributed by atoms with Gasteiger partial charge in [-0.25, -0.2) is 0 Å². The van der Waals surface area contributed by atoms with E-state index < -0.39 is 0 Å². The predicted molar refractivity (Wildman–Crippen MR) is 218 cm³/mol. The molecule has 0 saturated carbocycles. The number of hydrogen-bond donors (Lipinski definition) is 0. The molecule has 0 saturated heterocycles. The smallest absolute Gasteiger partial charge is 0.113 e. The fraction of sp³-hybridized carbons (Fsp3) is 0.250. The van der Waals surface area contributed by atoms with Crippen LogP contribution >= 0.6 is 68.4 Å². The lowest BCUT2D eigenvalue weighted by atomic mass is 10.0. The van der Waals surface area contributed by atoms with Crippen LogP contribution in [0.25, 0.3) is 62.6 Å². The summed E-state index contributed by atoms with van der Waals surface area (Å²) in [6, 6.07) is 23.1. The average Bonchev–Trinajstić information content (AvgIpc) is 3.93. The molecule has 0 N–H and O–H groups in total. The van der Waals surface area contributed by atoms with Crippen molar-refractivity contribution in [2.24, 2.45) is 0 Å². The maximum atomic E-state index is 4.79. The lowest BCUT2D eigenvalue weighted by Gasteiger charge is -2.04. The van der Waals surface area contributed by atoms with Gasteiger partial charge in [-0.05, 0) is 111 Å². The van der Waals surface area contributed by atoms with Crippen molar-refractivity contribution < 1.29 is 0 Å². The van der Waals surface area contributed by atoms with Crippen LogP contribution in [-0.2, 0) is 6.42 Å². The molecule has 0 bridgehead atoms. The van der Waals surface area contributed by atoms with E-state index >= 15 is 0 Å². The lowest BCUT2D eigenvalue weighted by molar-refractivity contribution is 0.670. The van der Waals surface area contributed by atoms with Gasteiger partial charge < -0.3 is 0 Å². The van der Waals surface area contributed by atoms with Crippen molar-refractivity contribution in [3.05, 3.63) is 103 Å². The van der Waals surface area contributed by atoms with E-state index in [1.807, 2.05) is 56.7 Å². The SMILES string of the molecule is CCCCCCc1ccc(C2=CC=C(c3cc(-c4cc(-c5ccc(-c6ccc(C)s6)s5)c(-c5ccc(C)c6nsnc56)s4)sc3C)C2)s1. The Balaban J connectivity index is 1.10. The van der Waals surface area contributed by atoms with Crippen LogP contribution in [0.15, 0.2) is 72.8 Å². The van der Waals surface area contributed by atoms with Gasteiger partial charge in [0.05, 0.1) is 11.7 Å². The van der Waals surface area contributed by atoms with Gasteiger partial charge in [0.15, 0.2) is 0 Å². The highest BCUT2D eigenvalue weighted by Crippen LogP contribution is 2.50. The zero-order valence-corrected chi connectivity index (χ0v) is 32.4. The molecule has 2 nitrogen and oxygen atoms in total. The molecule has 242 valence electrons. The maximum Gasteiger partial charge on any atom is 0.113 e. The van der Waals surface area contributed by atoms with Gasteiger partial charge in [-0.2, -0.15) is 8.75 Å². The summed E-state index contributed by atoms with van der Waals surface area (Å²) in [4.78, 5) is 13.6. The molecule has 8 heteroatoms. The van der Waals surface area contributed by atoms with Crippen LogP contribution in [0.2, 0.25) is 0 Å². The quantitative estimate of drug-likeness (QED) is 0.124. The second-order valence-electron chi connectivity index (χ2n) is 12.5. The number of allylic oxidation sites excluding steroid dienone is 4. The molecule has 0 fully saturated rings. The number of aromatic nitrogens is 2. The lowest BCUT2D eigenvalue weighted by Crippen LogP contribution is -1.83. The van der Waals surface area contributed by atoms with Gasteiger partial charge in [-0.1, -0.05) is 50.5 Å². The molecule has 8 rings (SSSR count). The molecule has 6 heterocycles. The highest BCUT2D eigenvalue weighted by atomic mass is 32.1. The van der Waals surface area contributed by atoms with E-state index in [1.165, 1.54) is 126 Å². The number of nitrogens with zero attached hydrogens (tertiary/aromatic N) is 2. The Morgan fingerprint density at radius 2 is 1.33 bits per heavy atom. The minimum absolute atomic E-state index is 1.01. The minimum Gasteiger partial charge on any atom is -0.173 e. The van der Waals surface area contributed by atoms with Crippen LogP contribution in [-0.4, -0.2) is 8.75 Å². The molecule has 7 aromatic rings. The molecule has 48 heavy (non-hydrogen) atoms. The van der Waals surface area contributed by atoms with E-state index in [2.05, 4.69) is 105 Å². The fourth-order valence-corrected chi connectivity index (χ4v) is 12.5. The van der Waals surface area contributed by atoms with Crippen LogP contribution < -0.4 is 0 Å². The minimum atomic E-state index is 1.01. The number of benzene rings is 1. The Bertz CT molecular complexity index is 2310. The topological polar surface area (TPSA) is 25.8 Å². The summed E-state index contributed by atoms with van der Waals surface area (Å²) < 4.78 is 9.44. The van der Waals surface area contributed by atoms with E-state index in [1.54, 1.807) is 0 Å². The molecule has 0 radical (unpaired) electrons. The highest BCUT2D eigenvalue weighted by Gasteiger charge is 2.23. The van der Waals surface area contributed by atoms with Crippen molar-refractivity contribution >= 4 is 90.6 Å². The van der Waals surface area contributed by atoms with Gasteiger partial charge in [-0.3, -0.25) is 0 Å². The summed E-state index contributed by atoms with van der Waals surface area (Å²) >= 11 is 10.9. The monoisotopic (exact) mass is 736 g/mol. The van der Waals surface area contributed by atoms with Gasteiger partial charge in [0, 0.05) is 59.9 Å². The second kappa shape index (κ2) is 13.7. The Morgan fingerprint density at radius 3 is 2.19 bits per heavy atom. The number of unbranched alkanes of at least 4 members (excludes halogenated alkanes) is 3. The molecule has 0 atom stereocenters. The normalized spacial score (nSPS) is 13.2. The second-order valence-corrected chi connectivity index (χ2v) is 18.9. The molecular formula is C40H36N2S6. The zero-order valence-electron chi connectivity index (χ0n) is 27.5. The standard InChI is InChI=1S/C40H36N2S6/c1-5-6-7-8-9-28-14-17-32(45-28)27-13-12-26(20-27)30-21-36(44-25(30)4)37-22-31(33-18-19-35(46-33)34-16-11-24(3)43-34)40(47-37)29-15-10-23(2)38-39(29)42-48-41-38/h10-19,21-22H,5-9,20H2,1-4H3. The molecule has 1 aliphatic rings. The molecule has 0 amide bonds. The third-order valence-electron chi connectivity index (χ3n) is 9.08. The van der Waals surface area contributed by atoms with Gasteiger partial charge in [0.1, 0.15) is 11.0 Å². The van der Waals surface area contributed by atoms with Crippen molar-refractivity contribution in [3.63, 3.8) is 0 Å². The van der Waals surface area contributed by atoms with Gasteiger partial charge >= 0.3 is 0 Å². The van der Waals surface area contributed by atoms with Gasteiger partial charge in [0.2, 0.25) is 0 Å². The molecule has 0 aliphatic heterocycles. The third-order valence-corrected chi connectivity index (χ3v) is 15.6. The van der Waals surface area contributed by atoms with Crippen LogP contribution in [0.3, 0.4) is 0 Å². The van der Waals surface area contributed by atoms with E-state index in [-0.39, 0.29) is 0 Å². The number of rotatable bonds is 11. The molecule has 1 aromatic carbocycles. The summed E-state index contributed by atoms with van der Waals surface area (Å²) in [7, 11) is 0. The van der Waals surface area contributed by atoms with E-state index in [9.17, 15) is 0 Å². The Hall–Kier alpha value is -2.98. The van der Waals surface area contributed by atoms with Crippen molar-refractivity contribution in [3.8, 4) is 40.4 Å². The van der Waals surface area contributed by atoms with Crippen LogP contribution in [0.5, 0.6) is 0 Å². The van der Waals surface area contributed by atoms with Crippen molar-refractivity contribution in [2.45, 2.75) is 66.2 Å². The Kier molecular flexibility index (Phi) is 9.22. The summed E-state index contributed by atoms with van der Waals surface area (Å²) in [5, 5.41) is 0. The maximum absolute atomic E-state index is 4.79. The summed E-state index contributed by atoms with van der Waals surface area (Å²) in [6.07, 6.45) is 12.2. The Morgan fingerprint density at radius 1 is 0.583 bits per heavy atom. The molecule has 6 aromatic heterocycles. The summed E-state index contributed by atoms with van der Waals surface area (Å²) in [6.45, 7) is 8.88. The van der Waals surface area contributed by atoms with E-state index in [0.717, 1.165) is 17.5 Å². The summed E-state index contributed by atoms with van der Waals surface area (Å²) in [5.74, 6) is 0. The zero-order chi connectivity index (χ0) is 32.8. The first-order valence-electron chi connectivity index (χ1n) is 16.6. The first-order valence-corrected chi connectivity index (χ1v) is 21.4. The number of hydrogen-bond acceptors (Lipinski definition) is 8. The summed E-state index contributed by atoms with van der Waals surface area (Å²) in [5.41, 5.74) is 9.95. The number of fused-ring (bicyclic) bond motifs is 1. The van der Waals surface area contributed by atoms with Crippen molar-refractivity contribution in [1.29, 1.82) is 0 Å². The fourth-order valence-electron chi connectivity index (χ4n) is 6.46. The predicted octanol–water partition coefficient (Wildman–Crippen LogP) is 14.6. The first kappa shape index (κ1) is 32.2. The Labute approximate surface area is 307 Å². The largest absolute Gasteiger partial charge is 0.173 e. The highest BCUT2D eigenvalue weighted by molar-refractivity contribution is 7.26. The van der Waals surface area contributed by atoms with Crippen LogP contribution in [0, 0.1) is 20.8 Å². The molecule has 0 spiro atoms. The van der Waals surface area contributed by atoms with Crippen LogP contribution in [0.1, 0.15) is 69.7 Å². The molecule has 1 aliphatic carbocycles. The third kappa shape index (κ3) is 6.28. The molecule has 0 unspecified atom stereocenters. The number of aryl methyl sites for hydroxylation is 4. The van der Waals surface area contributed by atoms with Crippen LogP contribution in [0.4, 0.5) is 0 Å². The average molecular weight is 737 g/mol. The van der Waals surface area contributed by atoms with Gasteiger partial charge in [-0.15, -0.1) is 56.7 Å². The first-order chi connectivity index (χ1) is 23.4. The number of thiophene rings is 5.